The molecule has 1 aliphatic heterocycles. The van der Waals surface area contributed by atoms with Crippen LogP contribution in [0.3, 0.4) is 0 Å². The van der Waals surface area contributed by atoms with E-state index in [1.165, 1.54) is 12.8 Å². The van der Waals surface area contributed by atoms with Crippen molar-refractivity contribution in [1.82, 2.24) is 0 Å². The summed E-state index contributed by atoms with van der Waals surface area (Å²) in [5.74, 6) is 0.392. The Morgan fingerprint density at radius 2 is 1.84 bits per heavy atom. The van der Waals surface area contributed by atoms with E-state index in [4.69, 9.17) is 4.74 Å². The number of hydrogen-bond donors (Lipinski definition) is 0. The molecule has 1 saturated carbocycles. The maximum Gasteiger partial charge on any atom is 0.141 e. The van der Waals surface area contributed by atoms with Gasteiger partial charge in [0, 0.05) is 6.42 Å². The molecule has 0 radical (unpaired) electrons. The van der Waals surface area contributed by atoms with Crippen LogP contribution in [-0.2, 0) is 9.53 Å². The number of carbonyl (C=O) groups excluding carboxylic acids is 1. The number of fused-ring (bicyclic) bond motifs is 1. The Balaban J connectivity index is 0.000000861. The van der Waals surface area contributed by atoms with Crippen molar-refractivity contribution in [3.8, 4) is 0 Å². The van der Waals surface area contributed by atoms with Crippen LogP contribution >= 0.6 is 0 Å². The van der Waals surface area contributed by atoms with Crippen LogP contribution in [0.25, 0.3) is 0 Å². The monoisotopic (exact) mass is 268 g/mol. The van der Waals surface area contributed by atoms with Gasteiger partial charge in [-0.1, -0.05) is 41.5 Å². The Labute approximate surface area is 119 Å². The van der Waals surface area contributed by atoms with E-state index in [-0.39, 0.29) is 16.9 Å². The summed E-state index contributed by atoms with van der Waals surface area (Å²) >= 11 is 0. The van der Waals surface area contributed by atoms with E-state index in [9.17, 15) is 4.79 Å². The van der Waals surface area contributed by atoms with Crippen LogP contribution in [0.4, 0.5) is 0 Å². The molecule has 0 amide bonds. The molecule has 0 aromatic carbocycles. The first-order valence-corrected chi connectivity index (χ1v) is 8.15. The summed E-state index contributed by atoms with van der Waals surface area (Å²) in [6.07, 6.45) is 6.91. The second kappa shape index (κ2) is 6.39. The molecule has 1 saturated heterocycles. The van der Waals surface area contributed by atoms with Gasteiger partial charge in [0.1, 0.15) is 5.78 Å². The van der Waals surface area contributed by atoms with Gasteiger partial charge in [-0.2, -0.15) is 0 Å². The fourth-order valence-corrected chi connectivity index (χ4v) is 3.85. The zero-order valence-electron chi connectivity index (χ0n) is 13.7. The molecule has 0 spiro atoms. The summed E-state index contributed by atoms with van der Waals surface area (Å²) in [5, 5.41) is 0. The van der Waals surface area contributed by atoms with Crippen molar-refractivity contribution in [2.75, 3.05) is 0 Å². The number of rotatable bonds is 2. The maximum absolute atomic E-state index is 12.1. The van der Waals surface area contributed by atoms with Crippen molar-refractivity contribution in [2.24, 2.45) is 10.8 Å². The van der Waals surface area contributed by atoms with Gasteiger partial charge in [-0.25, -0.2) is 0 Å². The molecule has 3 atom stereocenters. The minimum absolute atomic E-state index is 0.139. The minimum Gasteiger partial charge on any atom is -0.373 e. The van der Waals surface area contributed by atoms with Crippen molar-refractivity contribution in [2.45, 2.75) is 92.3 Å². The lowest BCUT2D eigenvalue weighted by atomic mass is 9.56. The Morgan fingerprint density at radius 1 is 1.21 bits per heavy atom. The fraction of sp³-hybridized carbons (Fsp3) is 0.941. The molecule has 2 rings (SSSR count). The topological polar surface area (TPSA) is 26.3 Å². The second-order valence-electron chi connectivity index (χ2n) is 6.45. The van der Waals surface area contributed by atoms with E-state index >= 15 is 0 Å². The van der Waals surface area contributed by atoms with E-state index in [1.54, 1.807) is 0 Å². The minimum atomic E-state index is -0.290. The van der Waals surface area contributed by atoms with Gasteiger partial charge in [-0.05, 0) is 37.5 Å². The lowest BCUT2D eigenvalue weighted by Crippen LogP contribution is -2.57. The number of ketones is 1. The summed E-state index contributed by atoms with van der Waals surface area (Å²) in [7, 11) is 0. The molecule has 0 aromatic heterocycles. The van der Waals surface area contributed by atoms with Gasteiger partial charge >= 0.3 is 0 Å². The van der Waals surface area contributed by atoms with Gasteiger partial charge in [0.25, 0.3) is 0 Å². The summed E-state index contributed by atoms with van der Waals surface area (Å²) in [6.45, 7) is 12.6. The van der Waals surface area contributed by atoms with E-state index in [0.717, 1.165) is 25.7 Å². The molecule has 0 aromatic rings. The van der Waals surface area contributed by atoms with Gasteiger partial charge in [-0.3, -0.25) is 4.79 Å². The molecular formula is C17H32O2. The van der Waals surface area contributed by atoms with Crippen LogP contribution in [0.5, 0.6) is 0 Å². The molecule has 2 unspecified atom stereocenters. The van der Waals surface area contributed by atoms with Crippen LogP contribution in [0.1, 0.15) is 80.1 Å². The van der Waals surface area contributed by atoms with Crippen molar-refractivity contribution >= 4 is 5.78 Å². The third-order valence-corrected chi connectivity index (χ3v) is 5.23. The summed E-state index contributed by atoms with van der Waals surface area (Å²) in [5.41, 5.74) is -0.0226. The Bertz CT molecular complexity index is 308. The van der Waals surface area contributed by atoms with Crippen LogP contribution in [-0.4, -0.2) is 18.0 Å². The molecule has 2 fully saturated rings. The second-order valence-corrected chi connectivity index (χ2v) is 6.45. The fourth-order valence-electron chi connectivity index (χ4n) is 3.85. The smallest absolute Gasteiger partial charge is 0.141 e. The maximum atomic E-state index is 12.1. The molecular weight excluding hydrogens is 236 g/mol. The average molecular weight is 268 g/mol. The number of carbonyl (C=O) groups is 1. The van der Waals surface area contributed by atoms with E-state index in [2.05, 4.69) is 27.7 Å². The highest BCUT2D eigenvalue weighted by atomic mass is 16.5. The van der Waals surface area contributed by atoms with Gasteiger partial charge < -0.3 is 4.74 Å². The zero-order chi connectivity index (χ0) is 14.7. The van der Waals surface area contributed by atoms with E-state index < -0.39 is 0 Å². The van der Waals surface area contributed by atoms with Gasteiger partial charge in [0.2, 0.25) is 0 Å². The first-order valence-electron chi connectivity index (χ1n) is 8.15. The molecule has 1 heterocycles. The molecule has 2 nitrogen and oxygen atoms in total. The number of hydrogen-bond acceptors (Lipinski definition) is 2. The normalized spacial score (nSPS) is 37.1. The standard InChI is InChI=1S/C15H26O2.C2H6/c1-5-11-7-9-15(6-2)10-8-12(16)14(3,4)13(15)17-11;1-2/h11,13H,5-10H2,1-4H3;1-2H3/t11-,13?,15?;/m1./s1. The van der Waals surface area contributed by atoms with Gasteiger partial charge in [-0.15, -0.1) is 0 Å². The highest BCUT2D eigenvalue weighted by Crippen LogP contribution is 2.54. The summed E-state index contributed by atoms with van der Waals surface area (Å²) in [4.78, 5) is 12.1. The van der Waals surface area contributed by atoms with Crippen LogP contribution < -0.4 is 0 Å². The van der Waals surface area contributed by atoms with Crippen molar-refractivity contribution < 1.29 is 9.53 Å². The SMILES string of the molecule is CC.CC[C@@H]1CCC2(CC)CCC(=O)C(C)(C)C2O1. The first-order chi connectivity index (χ1) is 8.96. The highest BCUT2D eigenvalue weighted by molar-refractivity contribution is 5.85. The third kappa shape index (κ3) is 2.89. The van der Waals surface area contributed by atoms with Crippen LogP contribution in [0.15, 0.2) is 0 Å². The number of Topliss-reactive ketones (excluding diaryl/α,β-unsaturated/α-hetero) is 1. The van der Waals surface area contributed by atoms with Gasteiger partial charge in [0.15, 0.2) is 0 Å². The molecule has 112 valence electrons. The third-order valence-electron chi connectivity index (χ3n) is 5.23. The zero-order valence-corrected chi connectivity index (χ0v) is 13.7. The predicted molar refractivity (Wildman–Crippen MR) is 80.3 cm³/mol. The van der Waals surface area contributed by atoms with Crippen molar-refractivity contribution in [1.29, 1.82) is 0 Å². The summed E-state index contributed by atoms with van der Waals surface area (Å²) < 4.78 is 6.30. The van der Waals surface area contributed by atoms with Crippen molar-refractivity contribution in [3.63, 3.8) is 0 Å². The number of ether oxygens (including phenoxy) is 1. The molecule has 1 aliphatic carbocycles. The van der Waals surface area contributed by atoms with Crippen LogP contribution in [0.2, 0.25) is 0 Å². The summed E-state index contributed by atoms with van der Waals surface area (Å²) in [6, 6.07) is 0. The van der Waals surface area contributed by atoms with Crippen molar-refractivity contribution in [3.05, 3.63) is 0 Å². The molecule has 0 N–H and O–H groups in total. The lowest BCUT2D eigenvalue weighted by Gasteiger charge is -2.55. The van der Waals surface area contributed by atoms with E-state index in [0.29, 0.717) is 11.9 Å². The Kier molecular flexibility index (Phi) is 5.61. The largest absolute Gasteiger partial charge is 0.373 e. The lowest BCUT2D eigenvalue weighted by molar-refractivity contribution is -0.198. The average Bonchev–Trinajstić information content (AvgIpc) is 2.45. The Morgan fingerprint density at radius 3 is 2.37 bits per heavy atom. The highest BCUT2D eigenvalue weighted by Gasteiger charge is 2.55. The quantitative estimate of drug-likeness (QED) is 0.722. The first kappa shape index (κ1) is 16.7. The van der Waals surface area contributed by atoms with Gasteiger partial charge in [0.05, 0.1) is 17.6 Å². The molecule has 19 heavy (non-hydrogen) atoms. The van der Waals surface area contributed by atoms with E-state index in [1.807, 2.05) is 13.8 Å². The predicted octanol–water partition coefficient (Wildman–Crippen LogP) is 4.76. The Hall–Kier alpha value is -0.370. The molecule has 2 heteroatoms. The molecule has 2 aliphatic rings. The van der Waals surface area contributed by atoms with Crippen LogP contribution in [0, 0.1) is 10.8 Å². The molecule has 0 bridgehead atoms.